The number of hydrogen-bond acceptors (Lipinski definition) is 6. The normalized spacial score (nSPS) is 11.5. The lowest BCUT2D eigenvalue weighted by molar-refractivity contribution is -0.384. The Morgan fingerprint density at radius 3 is 2.32 bits per heavy atom. The average Bonchev–Trinajstić information content (AvgIpc) is 2.87. The van der Waals surface area contributed by atoms with Crippen molar-refractivity contribution in [3.05, 3.63) is 111 Å². The zero-order valence-electron chi connectivity index (χ0n) is 18.5. The summed E-state index contributed by atoms with van der Waals surface area (Å²) in [6.45, 7) is 1.72. The van der Waals surface area contributed by atoms with Crippen LogP contribution < -0.4 is 15.5 Å². The van der Waals surface area contributed by atoms with Gasteiger partial charge in [0.25, 0.3) is 17.5 Å². The molecular formula is C25H22N4O5. The van der Waals surface area contributed by atoms with Crippen molar-refractivity contribution in [2.45, 2.75) is 6.92 Å². The molecule has 0 aromatic heterocycles. The fraction of sp³-hybridized carbons (Fsp3) is 0.0800. The molecule has 3 rings (SSSR count). The Hall–Kier alpha value is -4.79. The van der Waals surface area contributed by atoms with Crippen LogP contribution in [0, 0.1) is 10.1 Å². The first kappa shape index (κ1) is 23.9. The molecule has 0 radical (unpaired) electrons. The molecule has 0 aliphatic rings. The van der Waals surface area contributed by atoms with Crippen LogP contribution in [0.3, 0.4) is 0 Å². The van der Waals surface area contributed by atoms with Gasteiger partial charge in [-0.05, 0) is 60.5 Å². The van der Waals surface area contributed by atoms with Crippen molar-refractivity contribution in [2.75, 3.05) is 7.11 Å². The quantitative estimate of drug-likeness (QED) is 0.229. The minimum absolute atomic E-state index is 0.124. The van der Waals surface area contributed by atoms with Crippen molar-refractivity contribution in [2.24, 2.45) is 5.10 Å². The first-order valence-electron chi connectivity index (χ1n) is 10.2. The molecule has 0 atom stereocenters. The summed E-state index contributed by atoms with van der Waals surface area (Å²) in [5.41, 5.74) is 4.16. The van der Waals surface area contributed by atoms with E-state index in [0.29, 0.717) is 22.6 Å². The zero-order chi connectivity index (χ0) is 24.5. The highest BCUT2D eigenvalue weighted by molar-refractivity contribution is 6.06. The molecule has 0 heterocycles. The molecule has 34 heavy (non-hydrogen) atoms. The maximum Gasteiger partial charge on any atom is 0.287 e. The molecule has 0 bridgehead atoms. The van der Waals surface area contributed by atoms with Crippen LogP contribution in [0.25, 0.3) is 6.08 Å². The van der Waals surface area contributed by atoms with Gasteiger partial charge in [0.1, 0.15) is 11.4 Å². The smallest absolute Gasteiger partial charge is 0.287 e. The number of carbonyl (C=O) groups excluding carboxylic acids is 2. The van der Waals surface area contributed by atoms with Gasteiger partial charge in [-0.25, -0.2) is 5.43 Å². The van der Waals surface area contributed by atoms with Crippen LogP contribution in [0.5, 0.6) is 5.75 Å². The summed E-state index contributed by atoms with van der Waals surface area (Å²) < 4.78 is 5.13. The van der Waals surface area contributed by atoms with Crippen LogP contribution in [0.4, 0.5) is 5.69 Å². The molecule has 3 aromatic carbocycles. The SMILES string of the molecule is COc1ccc(C(C)=NNC(=O)C(=Cc2cccc([N+](=O)[O-])c2)NC(=O)c2ccccc2)cc1. The lowest BCUT2D eigenvalue weighted by Crippen LogP contribution is -2.33. The molecule has 0 aliphatic carbocycles. The molecular weight excluding hydrogens is 436 g/mol. The van der Waals surface area contributed by atoms with Crippen LogP contribution in [0.2, 0.25) is 0 Å². The molecule has 2 amide bonds. The number of hydrazone groups is 1. The average molecular weight is 458 g/mol. The third kappa shape index (κ3) is 6.36. The fourth-order valence-corrected chi connectivity index (χ4v) is 2.93. The summed E-state index contributed by atoms with van der Waals surface area (Å²) in [7, 11) is 1.56. The summed E-state index contributed by atoms with van der Waals surface area (Å²) in [4.78, 5) is 36.1. The summed E-state index contributed by atoms with van der Waals surface area (Å²) in [6.07, 6.45) is 1.35. The van der Waals surface area contributed by atoms with E-state index in [-0.39, 0.29) is 11.4 Å². The fourth-order valence-electron chi connectivity index (χ4n) is 2.93. The number of rotatable bonds is 8. The van der Waals surface area contributed by atoms with Gasteiger partial charge < -0.3 is 10.1 Å². The highest BCUT2D eigenvalue weighted by atomic mass is 16.6. The van der Waals surface area contributed by atoms with Crippen molar-refractivity contribution < 1.29 is 19.2 Å². The van der Waals surface area contributed by atoms with Gasteiger partial charge in [0.2, 0.25) is 0 Å². The lowest BCUT2D eigenvalue weighted by atomic mass is 10.1. The molecule has 0 unspecified atom stereocenters. The monoisotopic (exact) mass is 458 g/mol. The topological polar surface area (TPSA) is 123 Å². The molecule has 0 spiro atoms. The van der Waals surface area contributed by atoms with Gasteiger partial charge in [-0.2, -0.15) is 5.10 Å². The molecule has 9 nitrogen and oxygen atoms in total. The van der Waals surface area contributed by atoms with E-state index in [2.05, 4.69) is 15.8 Å². The number of carbonyl (C=O) groups is 2. The number of nitro benzene ring substituents is 1. The van der Waals surface area contributed by atoms with E-state index in [1.54, 1.807) is 74.7 Å². The maximum absolute atomic E-state index is 12.9. The van der Waals surface area contributed by atoms with Crippen molar-refractivity contribution in [3.63, 3.8) is 0 Å². The van der Waals surface area contributed by atoms with E-state index in [1.165, 1.54) is 24.3 Å². The van der Waals surface area contributed by atoms with E-state index in [9.17, 15) is 19.7 Å². The highest BCUT2D eigenvalue weighted by Gasteiger charge is 2.15. The molecule has 0 fully saturated rings. The highest BCUT2D eigenvalue weighted by Crippen LogP contribution is 2.16. The van der Waals surface area contributed by atoms with Gasteiger partial charge in [-0.15, -0.1) is 0 Å². The molecule has 3 aromatic rings. The van der Waals surface area contributed by atoms with Crippen molar-refractivity contribution in [1.82, 2.24) is 10.7 Å². The van der Waals surface area contributed by atoms with Gasteiger partial charge in [-0.1, -0.05) is 30.3 Å². The Morgan fingerprint density at radius 2 is 1.68 bits per heavy atom. The Bertz CT molecular complexity index is 1250. The standard InChI is InChI=1S/C25H22N4O5/c1-17(19-11-13-22(34-2)14-12-19)27-28-25(31)23(26-24(30)20-8-4-3-5-9-20)16-18-7-6-10-21(15-18)29(32)33/h3-16H,1-2H3,(H,26,30)(H,28,31). The van der Waals surface area contributed by atoms with Crippen molar-refractivity contribution in [1.29, 1.82) is 0 Å². The summed E-state index contributed by atoms with van der Waals surface area (Å²) in [5.74, 6) is -0.515. The third-order valence-electron chi connectivity index (χ3n) is 4.75. The Balaban J connectivity index is 1.87. The predicted molar refractivity (Wildman–Crippen MR) is 128 cm³/mol. The van der Waals surface area contributed by atoms with Gasteiger partial charge in [0.15, 0.2) is 0 Å². The molecule has 0 saturated heterocycles. The second kappa shape index (κ2) is 11.2. The molecule has 2 N–H and O–H groups in total. The van der Waals surface area contributed by atoms with E-state index >= 15 is 0 Å². The number of amides is 2. The van der Waals surface area contributed by atoms with Crippen LogP contribution >= 0.6 is 0 Å². The minimum atomic E-state index is -0.691. The van der Waals surface area contributed by atoms with Crippen molar-refractivity contribution in [3.8, 4) is 5.75 Å². The summed E-state index contributed by atoms with van der Waals surface area (Å²) >= 11 is 0. The number of benzene rings is 3. The number of nitrogens with zero attached hydrogens (tertiary/aromatic N) is 2. The first-order valence-corrected chi connectivity index (χ1v) is 10.2. The van der Waals surface area contributed by atoms with E-state index in [4.69, 9.17) is 4.74 Å². The largest absolute Gasteiger partial charge is 0.497 e. The maximum atomic E-state index is 12.9. The van der Waals surface area contributed by atoms with Gasteiger partial charge in [-0.3, -0.25) is 19.7 Å². The third-order valence-corrected chi connectivity index (χ3v) is 4.75. The number of ether oxygens (including phenoxy) is 1. The number of nitrogens with one attached hydrogen (secondary N) is 2. The van der Waals surface area contributed by atoms with Gasteiger partial charge in [0.05, 0.1) is 17.7 Å². The number of nitro groups is 1. The lowest BCUT2D eigenvalue weighted by Gasteiger charge is -2.10. The van der Waals surface area contributed by atoms with E-state index < -0.39 is 16.7 Å². The van der Waals surface area contributed by atoms with Crippen molar-refractivity contribution >= 4 is 29.3 Å². The Kier molecular flexibility index (Phi) is 7.85. The second-order valence-corrected chi connectivity index (χ2v) is 7.10. The first-order chi connectivity index (χ1) is 16.4. The van der Waals surface area contributed by atoms with E-state index in [1.807, 2.05) is 0 Å². The van der Waals surface area contributed by atoms with Gasteiger partial charge >= 0.3 is 0 Å². The number of non-ortho nitro benzene ring substituents is 1. The molecule has 0 aliphatic heterocycles. The summed E-state index contributed by atoms with van der Waals surface area (Å²) in [5, 5.41) is 17.8. The zero-order valence-corrected chi connectivity index (χ0v) is 18.5. The van der Waals surface area contributed by atoms with Crippen LogP contribution in [0.15, 0.2) is 89.7 Å². The van der Waals surface area contributed by atoms with Crippen LogP contribution in [-0.4, -0.2) is 29.6 Å². The molecule has 9 heteroatoms. The molecule has 172 valence electrons. The molecule has 0 saturated carbocycles. The number of hydrogen-bond donors (Lipinski definition) is 2. The summed E-state index contributed by atoms with van der Waals surface area (Å²) in [6, 6.07) is 21.2. The van der Waals surface area contributed by atoms with Gasteiger partial charge in [0, 0.05) is 17.7 Å². The minimum Gasteiger partial charge on any atom is -0.497 e. The Labute approximate surface area is 195 Å². The second-order valence-electron chi connectivity index (χ2n) is 7.10. The Morgan fingerprint density at radius 1 is 0.971 bits per heavy atom. The number of methoxy groups -OCH3 is 1. The van der Waals surface area contributed by atoms with Crippen LogP contribution in [0.1, 0.15) is 28.4 Å². The predicted octanol–water partition coefficient (Wildman–Crippen LogP) is 3.91. The van der Waals surface area contributed by atoms with E-state index in [0.717, 1.165) is 5.56 Å². The van der Waals surface area contributed by atoms with Crippen LogP contribution in [-0.2, 0) is 4.79 Å².